The summed E-state index contributed by atoms with van der Waals surface area (Å²) in [4.78, 5) is 12.1. The Bertz CT molecular complexity index is 449. The van der Waals surface area contributed by atoms with Gasteiger partial charge >= 0.3 is 0 Å². The lowest BCUT2D eigenvalue weighted by molar-refractivity contribution is -0.120. The molecule has 0 spiro atoms. The summed E-state index contributed by atoms with van der Waals surface area (Å²) in [6, 6.07) is 5.31. The van der Waals surface area contributed by atoms with Crippen LogP contribution in [0.5, 0.6) is 5.75 Å². The zero-order chi connectivity index (χ0) is 13.7. The molecule has 0 aromatic heterocycles. The molecule has 112 valence electrons. The molecular formula is C14H20Cl2N2O2. The van der Waals surface area contributed by atoms with E-state index in [1.165, 1.54) is 0 Å². The zero-order valence-electron chi connectivity index (χ0n) is 11.4. The fourth-order valence-corrected chi connectivity index (χ4v) is 2.41. The molecule has 1 atom stereocenters. The summed E-state index contributed by atoms with van der Waals surface area (Å²) in [5.41, 5.74) is 0.712. The van der Waals surface area contributed by atoms with Gasteiger partial charge in [-0.3, -0.25) is 4.79 Å². The van der Waals surface area contributed by atoms with Crippen LogP contribution >= 0.6 is 24.0 Å². The molecule has 1 amide bonds. The highest BCUT2D eigenvalue weighted by molar-refractivity contribution is 6.32. The monoisotopic (exact) mass is 318 g/mol. The number of hydrogen-bond acceptors (Lipinski definition) is 3. The molecule has 2 rings (SSSR count). The molecule has 1 aromatic carbocycles. The molecule has 20 heavy (non-hydrogen) atoms. The van der Waals surface area contributed by atoms with E-state index in [0.29, 0.717) is 23.1 Å². The maximum Gasteiger partial charge on any atom is 0.228 e. The van der Waals surface area contributed by atoms with Gasteiger partial charge in [-0.25, -0.2) is 0 Å². The first-order chi connectivity index (χ1) is 9.20. The van der Waals surface area contributed by atoms with Gasteiger partial charge in [0.25, 0.3) is 0 Å². The second kappa shape index (κ2) is 8.35. The maximum atomic E-state index is 12.1. The molecule has 6 heteroatoms. The molecule has 1 fully saturated rings. The molecule has 1 heterocycles. The van der Waals surface area contributed by atoms with E-state index in [9.17, 15) is 4.79 Å². The molecule has 1 saturated heterocycles. The van der Waals surface area contributed by atoms with Crippen molar-refractivity contribution in [1.29, 1.82) is 0 Å². The minimum absolute atomic E-state index is 0. The van der Waals surface area contributed by atoms with Crippen molar-refractivity contribution in [1.82, 2.24) is 5.32 Å². The van der Waals surface area contributed by atoms with Gasteiger partial charge in [0.15, 0.2) is 0 Å². The van der Waals surface area contributed by atoms with Gasteiger partial charge in [-0.1, -0.05) is 11.6 Å². The predicted octanol–water partition coefficient (Wildman–Crippen LogP) is 3.10. The molecule has 1 aliphatic rings. The van der Waals surface area contributed by atoms with Crippen molar-refractivity contribution >= 4 is 35.6 Å². The van der Waals surface area contributed by atoms with Gasteiger partial charge in [0.05, 0.1) is 17.5 Å². The Hall–Kier alpha value is -0.970. The maximum absolute atomic E-state index is 12.1. The Morgan fingerprint density at radius 1 is 1.55 bits per heavy atom. The molecule has 0 aliphatic carbocycles. The highest BCUT2D eigenvalue weighted by atomic mass is 35.5. The number of hydrogen-bond donors (Lipinski definition) is 2. The SMILES string of the molecule is CCOc1ccc(NC(=O)[C@@H]2CCCNC2)cc1Cl.Cl. The fourth-order valence-electron chi connectivity index (χ4n) is 2.17. The number of anilines is 1. The molecule has 4 nitrogen and oxygen atoms in total. The van der Waals surface area contributed by atoms with Gasteiger partial charge in [-0.2, -0.15) is 0 Å². The van der Waals surface area contributed by atoms with Crippen molar-refractivity contribution in [2.24, 2.45) is 5.92 Å². The van der Waals surface area contributed by atoms with E-state index in [-0.39, 0.29) is 24.2 Å². The minimum Gasteiger partial charge on any atom is -0.492 e. The normalized spacial score (nSPS) is 18.0. The third-order valence-electron chi connectivity index (χ3n) is 3.17. The van der Waals surface area contributed by atoms with Crippen molar-refractivity contribution in [3.8, 4) is 5.75 Å². The molecule has 1 aliphatic heterocycles. The third-order valence-corrected chi connectivity index (χ3v) is 3.46. The van der Waals surface area contributed by atoms with Crippen LogP contribution in [0.25, 0.3) is 0 Å². The van der Waals surface area contributed by atoms with Gasteiger partial charge in [-0.05, 0) is 44.5 Å². The van der Waals surface area contributed by atoms with Crippen molar-refractivity contribution in [3.05, 3.63) is 23.2 Å². The van der Waals surface area contributed by atoms with E-state index in [0.717, 1.165) is 25.9 Å². The second-order valence-electron chi connectivity index (χ2n) is 4.61. The standard InChI is InChI=1S/C14H19ClN2O2.ClH/c1-2-19-13-6-5-11(8-12(13)15)17-14(18)10-4-3-7-16-9-10;/h5-6,8,10,16H,2-4,7,9H2,1H3,(H,17,18);1H/t10-;/m1./s1. The van der Waals surface area contributed by atoms with Gasteiger partial charge in [0.1, 0.15) is 5.75 Å². The summed E-state index contributed by atoms with van der Waals surface area (Å²) in [5.74, 6) is 0.730. The molecule has 0 radical (unpaired) electrons. The summed E-state index contributed by atoms with van der Waals surface area (Å²) in [6.07, 6.45) is 1.98. The Balaban J connectivity index is 0.00000200. The van der Waals surface area contributed by atoms with E-state index >= 15 is 0 Å². The van der Waals surface area contributed by atoms with Gasteiger partial charge in [-0.15, -0.1) is 12.4 Å². The first-order valence-corrected chi connectivity index (χ1v) is 7.02. The number of piperidine rings is 1. The molecule has 0 unspecified atom stereocenters. The largest absolute Gasteiger partial charge is 0.492 e. The Labute approximate surface area is 130 Å². The van der Waals surface area contributed by atoms with Crippen LogP contribution in [0, 0.1) is 5.92 Å². The number of nitrogens with one attached hydrogen (secondary N) is 2. The number of rotatable bonds is 4. The number of carbonyl (C=O) groups excluding carboxylic acids is 1. The number of benzene rings is 1. The van der Waals surface area contributed by atoms with Crippen molar-refractivity contribution in [2.45, 2.75) is 19.8 Å². The number of amides is 1. The van der Waals surface area contributed by atoms with E-state index in [2.05, 4.69) is 10.6 Å². The topological polar surface area (TPSA) is 50.4 Å². The lowest BCUT2D eigenvalue weighted by Crippen LogP contribution is -2.37. The Kier molecular flexibility index (Phi) is 7.13. The average Bonchev–Trinajstić information content (AvgIpc) is 2.43. The van der Waals surface area contributed by atoms with Crippen LogP contribution in [0.3, 0.4) is 0 Å². The van der Waals surface area contributed by atoms with Crippen molar-refractivity contribution in [3.63, 3.8) is 0 Å². The Morgan fingerprint density at radius 3 is 2.95 bits per heavy atom. The van der Waals surface area contributed by atoms with Crippen LogP contribution < -0.4 is 15.4 Å². The summed E-state index contributed by atoms with van der Waals surface area (Å²) in [5, 5.41) is 6.65. The number of carbonyl (C=O) groups is 1. The first-order valence-electron chi connectivity index (χ1n) is 6.64. The van der Waals surface area contributed by atoms with Crippen LogP contribution in [0.4, 0.5) is 5.69 Å². The van der Waals surface area contributed by atoms with Gasteiger partial charge < -0.3 is 15.4 Å². The third kappa shape index (κ3) is 4.54. The Morgan fingerprint density at radius 2 is 2.35 bits per heavy atom. The van der Waals surface area contributed by atoms with Gasteiger partial charge in [0, 0.05) is 12.2 Å². The van der Waals surface area contributed by atoms with Crippen LogP contribution in [-0.4, -0.2) is 25.6 Å². The van der Waals surface area contributed by atoms with E-state index in [1.807, 2.05) is 13.0 Å². The highest BCUT2D eigenvalue weighted by Gasteiger charge is 2.20. The zero-order valence-corrected chi connectivity index (χ0v) is 13.0. The van der Waals surface area contributed by atoms with Crippen LogP contribution in [0.2, 0.25) is 5.02 Å². The van der Waals surface area contributed by atoms with Gasteiger partial charge in [0.2, 0.25) is 5.91 Å². The van der Waals surface area contributed by atoms with E-state index < -0.39 is 0 Å². The summed E-state index contributed by atoms with van der Waals surface area (Å²) < 4.78 is 5.36. The first kappa shape index (κ1) is 17.1. The van der Waals surface area contributed by atoms with Crippen LogP contribution in [0.15, 0.2) is 18.2 Å². The predicted molar refractivity (Wildman–Crippen MR) is 84.1 cm³/mol. The minimum atomic E-state index is 0. The van der Waals surface area contributed by atoms with Crippen LogP contribution in [-0.2, 0) is 4.79 Å². The molecule has 0 saturated carbocycles. The lowest BCUT2D eigenvalue weighted by Gasteiger charge is -2.22. The lowest BCUT2D eigenvalue weighted by atomic mass is 9.99. The molecule has 0 bridgehead atoms. The number of ether oxygens (including phenoxy) is 1. The van der Waals surface area contributed by atoms with Crippen molar-refractivity contribution in [2.75, 3.05) is 25.0 Å². The molecular weight excluding hydrogens is 299 g/mol. The van der Waals surface area contributed by atoms with Crippen LogP contribution in [0.1, 0.15) is 19.8 Å². The average molecular weight is 319 g/mol. The quantitative estimate of drug-likeness (QED) is 0.896. The van der Waals surface area contributed by atoms with Crippen molar-refractivity contribution < 1.29 is 9.53 Å². The fraction of sp³-hybridized carbons (Fsp3) is 0.500. The van der Waals surface area contributed by atoms with E-state index in [1.54, 1.807) is 12.1 Å². The highest BCUT2D eigenvalue weighted by Crippen LogP contribution is 2.28. The summed E-state index contributed by atoms with van der Waals surface area (Å²) in [7, 11) is 0. The smallest absolute Gasteiger partial charge is 0.228 e. The summed E-state index contributed by atoms with van der Waals surface area (Å²) in [6.45, 7) is 4.22. The molecule has 1 aromatic rings. The molecule has 2 N–H and O–H groups in total. The van der Waals surface area contributed by atoms with E-state index in [4.69, 9.17) is 16.3 Å². The second-order valence-corrected chi connectivity index (χ2v) is 5.02. The number of halogens is 2. The summed E-state index contributed by atoms with van der Waals surface area (Å²) >= 11 is 6.09.